The van der Waals surface area contributed by atoms with E-state index in [2.05, 4.69) is 59.6 Å². The van der Waals surface area contributed by atoms with Crippen molar-refractivity contribution in [3.05, 3.63) is 36.1 Å². The lowest BCUT2D eigenvalue weighted by Gasteiger charge is -2.48. The highest BCUT2D eigenvalue weighted by molar-refractivity contribution is 6.70. The van der Waals surface area contributed by atoms with Gasteiger partial charge in [-0.1, -0.05) is 46.4 Å². The standard InChI is InChI=1S/C19H32OSi/c1-9-16-15(14(2)20-21(6,7)8)13-17-18(3,4)11-10-12-19(16,17)5/h9,17H,1-2,10-13H2,3-8H3/t17-,19+/m0/s1. The van der Waals surface area contributed by atoms with Crippen molar-refractivity contribution in [3.8, 4) is 0 Å². The zero-order chi connectivity index (χ0) is 16.1. The highest BCUT2D eigenvalue weighted by atomic mass is 28.4. The molecule has 0 N–H and O–H groups in total. The Morgan fingerprint density at radius 3 is 2.38 bits per heavy atom. The molecular formula is C19H32OSi. The smallest absolute Gasteiger partial charge is 0.242 e. The van der Waals surface area contributed by atoms with E-state index >= 15 is 0 Å². The number of hydrogen-bond acceptors (Lipinski definition) is 1. The summed E-state index contributed by atoms with van der Waals surface area (Å²) in [6.07, 6.45) is 7.09. The summed E-state index contributed by atoms with van der Waals surface area (Å²) >= 11 is 0. The van der Waals surface area contributed by atoms with Crippen LogP contribution in [0.4, 0.5) is 0 Å². The molecule has 0 radical (unpaired) electrons. The van der Waals surface area contributed by atoms with Gasteiger partial charge in [-0.25, -0.2) is 0 Å². The first-order valence-electron chi connectivity index (χ1n) is 8.25. The van der Waals surface area contributed by atoms with Crippen molar-refractivity contribution >= 4 is 8.32 Å². The SMILES string of the molecule is C=CC1=C(C(=C)O[Si](C)(C)C)C[C@H]2C(C)(C)CCC[C@]12C. The fourth-order valence-electron chi connectivity index (χ4n) is 4.66. The van der Waals surface area contributed by atoms with Crippen LogP contribution in [0, 0.1) is 16.7 Å². The van der Waals surface area contributed by atoms with E-state index in [0.29, 0.717) is 11.3 Å². The van der Waals surface area contributed by atoms with Crippen LogP contribution in [-0.4, -0.2) is 8.32 Å². The van der Waals surface area contributed by atoms with Crippen molar-refractivity contribution < 1.29 is 4.43 Å². The van der Waals surface area contributed by atoms with E-state index in [0.717, 1.165) is 12.2 Å². The molecule has 2 atom stereocenters. The molecular weight excluding hydrogens is 272 g/mol. The molecule has 0 aromatic heterocycles. The van der Waals surface area contributed by atoms with E-state index < -0.39 is 8.32 Å². The number of rotatable bonds is 4. The Labute approximate surface area is 132 Å². The topological polar surface area (TPSA) is 9.23 Å². The summed E-state index contributed by atoms with van der Waals surface area (Å²) < 4.78 is 6.21. The van der Waals surface area contributed by atoms with Crippen LogP contribution < -0.4 is 0 Å². The van der Waals surface area contributed by atoms with Crippen LogP contribution in [0.1, 0.15) is 46.5 Å². The molecule has 2 rings (SSSR count). The average molecular weight is 305 g/mol. The first-order valence-corrected chi connectivity index (χ1v) is 11.7. The monoisotopic (exact) mass is 304 g/mol. The molecule has 1 fully saturated rings. The van der Waals surface area contributed by atoms with Gasteiger partial charge in [-0.2, -0.15) is 0 Å². The molecule has 0 aliphatic heterocycles. The molecule has 0 unspecified atom stereocenters. The third-order valence-electron chi connectivity index (χ3n) is 5.55. The van der Waals surface area contributed by atoms with E-state index in [9.17, 15) is 0 Å². The van der Waals surface area contributed by atoms with Gasteiger partial charge >= 0.3 is 0 Å². The summed E-state index contributed by atoms with van der Waals surface area (Å²) in [5.41, 5.74) is 3.39. The first-order chi connectivity index (χ1) is 9.51. The van der Waals surface area contributed by atoms with E-state index in [1.807, 2.05) is 0 Å². The molecule has 0 bridgehead atoms. The van der Waals surface area contributed by atoms with Gasteiger partial charge in [-0.15, -0.1) is 0 Å². The van der Waals surface area contributed by atoms with Gasteiger partial charge in [0.15, 0.2) is 0 Å². The summed E-state index contributed by atoms with van der Waals surface area (Å²) in [4.78, 5) is 0. The maximum Gasteiger partial charge on any atom is 0.242 e. The molecule has 0 saturated heterocycles. The Morgan fingerprint density at radius 1 is 1.24 bits per heavy atom. The van der Waals surface area contributed by atoms with Crippen molar-refractivity contribution in [2.24, 2.45) is 16.7 Å². The molecule has 0 amide bonds. The van der Waals surface area contributed by atoms with Gasteiger partial charge in [0.2, 0.25) is 8.32 Å². The lowest BCUT2D eigenvalue weighted by molar-refractivity contribution is 0.0434. The third kappa shape index (κ3) is 2.92. The van der Waals surface area contributed by atoms with Gasteiger partial charge in [0.05, 0.1) is 5.76 Å². The predicted molar refractivity (Wildman–Crippen MR) is 94.6 cm³/mol. The summed E-state index contributed by atoms with van der Waals surface area (Å²) in [5.74, 6) is 1.60. The largest absolute Gasteiger partial charge is 0.545 e. The van der Waals surface area contributed by atoms with Crippen molar-refractivity contribution in [2.45, 2.75) is 66.1 Å². The Bertz CT molecular complexity index is 492. The summed E-state index contributed by atoms with van der Waals surface area (Å²) in [7, 11) is -1.61. The van der Waals surface area contributed by atoms with Crippen molar-refractivity contribution in [1.29, 1.82) is 0 Å². The highest BCUT2D eigenvalue weighted by Gasteiger charge is 2.52. The number of hydrogen-bond donors (Lipinski definition) is 0. The Balaban J connectivity index is 2.39. The van der Waals surface area contributed by atoms with Crippen LogP contribution in [-0.2, 0) is 4.43 Å². The molecule has 1 nitrogen and oxygen atoms in total. The second-order valence-corrected chi connectivity index (χ2v) is 13.2. The number of fused-ring (bicyclic) bond motifs is 1. The lowest BCUT2D eigenvalue weighted by Crippen LogP contribution is -2.39. The zero-order valence-electron chi connectivity index (χ0n) is 14.8. The second-order valence-electron chi connectivity index (χ2n) is 8.75. The van der Waals surface area contributed by atoms with Gasteiger partial charge in [-0.05, 0) is 66.8 Å². The van der Waals surface area contributed by atoms with Crippen LogP contribution in [0.25, 0.3) is 0 Å². The van der Waals surface area contributed by atoms with E-state index in [1.54, 1.807) is 0 Å². The average Bonchev–Trinajstić information content (AvgIpc) is 2.60. The molecule has 118 valence electrons. The molecule has 0 spiro atoms. The number of allylic oxidation sites excluding steroid dienone is 3. The van der Waals surface area contributed by atoms with Crippen molar-refractivity contribution in [1.82, 2.24) is 0 Å². The van der Waals surface area contributed by atoms with Gasteiger partial charge < -0.3 is 4.43 Å². The maximum absolute atomic E-state index is 6.21. The maximum atomic E-state index is 6.21. The minimum Gasteiger partial charge on any atom is -0.545 e. The Hall–Kier alpha value is -0.763. The van der Waals surface area contributed by atoms with Gasteiger partial charge in [-0.3, -0.25) is 0 Å². The molecule has 0 heterocycles. The zero-order valence-corrected chi connectivity index (χ0v) is 15.8. The Morgan fingerprint density at radius 2 is 1.86 bits per heavy atom. The van der Waals surface area contributed by atoms with Crippen LogP contribution in [0.15, 0.2) is 36.1 Å². The quantitative estimate of drug-likeness (QED) is 0.452. The third-order valence-corrected chi connectivity index (χ3v) is 6.41. The minimum absolute atomic E-state index is 0.255. The lowest BCUT2D eigenvalue weighted by atomic mass is 9.56. The minimum atomic E-state index is -1.61. The fourth-order valence-corrected chi connectivity index (χ4v) is 5.52. The van der Waals surface area contributed by atoms with Gasteiger partial charge in [0.25, 0.3) is 0 Å². The van der Waals surface area contributed by atoms with E-state index in [1.165, 1.54) is 30.4 Å². The normalized spacial score (nSPS) is 31.8. The molecule has 1 saturated carbocycles. The van der Waals surface area contributed by atoms with Crippen molar-refractivity contribution in [3.63, 3.8) is 0 Å². The second kappa shape index (κ2) is 5.15. The van der Waals surface area contributed by atoms with Crippen LogP contribution >= 0.6 is 0 Å². The first kappa shape index (κ1) is 16.6. The highest BCUT2D eigenvalue weighted by Crippen LogP contribution is 2.62. The van der Waals surface area contributed by atoms with E-state index in [4.69, 9.17) is 4.43 Å². The van der Waals surface area contributed by atoms with Gasteiger partial charge in [0, 0.05) is 0 Å². The molecule has 0 aromatic carbocycles. The summed E-state index contributed by atoms with van der Waals surface area (Å²) in [6, 6.07) is 0. The van der Waals surface area contributed by atoms with Crippen LogP contribution in [0.5, 0.6) is 0 Å². The summed E-state index contributed by atoms with van der Waals surface area (Å²) in [5, 5.41) is 0. The molecule has 2 aliphatic rings. The molecule has 21 heavy (non-hydrogen) atoms. The molecule has 0 aromatic rings. The molecule has 2 aliphatic carbocycles. The van der Waals surface area contributed by atoms with E-state index in [-0.39, 0.29) is 5.41 Å². The van der Waals surface area contributed by atoms with Crippen LogP contribution in [0.2, 0.25) is 19.6 Å². The van der Waals surface area contributed by atoms with Crippen molar-refractivity contribution in [2.75, 3.05) is 0 Å². The fraction of sp³-hybridized carbons (Fsp3) is 0.684. The summed E-state index contributed by atoms with van der Waals surface area (Å²) in [6.45, 7) is 22.3. The van der Waals surface area contributed by atoms with Crippen LogP contribution in [0.3, 0.4) is 0 Å². The molecule has 2 heteroatoms. The van der Waals surface area contributed by atoms with Gasteiger partial charge in [0.1, 0.15) is 0 Å². The Kier molecular flexibility index (Phi) is 4.07. The predicted octanol–water partition coefficient (Wildman–Crippen LogP) is 6.07.